The zero-order valence-corrected chi connectivity index (χ0v) is 16.9. The van der Waals surface area contributed by atoms with Gasteiger partial charge in [-0.2, -0.15) is 0 Å². The van der Waals surface area contributed by atoms with E-state index in [0.29, 0.717) is 11.4 Å². The lowest BCUT2D eigenvalue weighted by Crippen LogP contribution is -2.28. The van der Waals surface area contributed by atoms with Gasteiger partial charge in [0.1, 0.15) is 0 Å². The third kappa shape index (κ3) is 4.42. The van der Waals surface area contributed by atoms with Crippen molar-refractivity contribution in [2.75, 3.05) is 24.5 Å². The highest BCUT2D eigenvalue weighted by Gasteiger charge is 2.32. The average Bonchev–Trinajstić information content (AvgIpc) is 2.99. The number of amidine groups is 1. The van der Waals surface area contributed by atoms with Gasteiger partial charge in [0.15, 0.2) is 5.17 Å². The Morgan fingerprint density at radius 3 is 2.26 bits per heavy atom. The Morgan fingerprint density at radius 1 is 1.00 bits per heavy atom. The molecule has 1 fully saturated rings. The maximum Gasteiger partial charge on any atom is 0.266 e. The van der Waals surface area contributed by atoms with E-state index < -0.39 is 0 Å². The molecule has 0 aromatic heterocycles. The van der Waals surface area contributed by atoms with Crippen LogP contribution in [0.4, 0.5) is 11.4 Å². The third-order valence-electron chi connectivity index (χ3n) is 4.50. The van der Waals surface area contributed by atoms with Crippen LogP contribution in [0.3, 0.4) is 0 Å². The predicted octanol–water partition coefficient (Wildman–Crippen LogP) is 5.16. The number of hydrogen-bond acceptors (Lipinski definition) is 4. The molecule has 140 valence electrons. The number of benzene rings is 2. The van der Waals surface area contributed by atoms with Crippen molar-refractivity contribution in [2.45, 2.75) is 20.8 Å². The van der Waals surface area contributed by atoms with E-state index in [1.165, 1.54) is 17.4 Å². The lowest BCUT2D eigenvalue weighted by atomic mass is 10.1. The Morgan fingerprint density at radius 2 is 1.67 bits per heavy atom. The first-order chi connectivity index (χ1) is 13.2. The number of nitrogens with zero attached hydrogens (tertiary/aromatic N) is 3. The fourth-order valence-electron chi connectivity index (χ4n) is 3.00. The first-order valence-electron chi connectivity index (χ1n) is 9.36. The van der Waals surface area contributed by atoms with Gasteiger partial charge in [-0.05, 0) is 68.4 Å². The summed E-state index contributed by atoms with van der Waals surface area (Å²) >= 11 is 1.44. The summed E-state index contributed by atoms with van der Waals surface area (Å²) in [5.41, 5.74) is 3.09. The Kier molecular flexibility index (Phi) is 6.35. The molecule has 1 heterocycles. The number of aliphatic imine (C=N–C) groups is 1. The second kappa shape index (κ2) is 8.91. The van der Waals surface area contributed by atoms with Gasteiger partial charge in [0, 0.05) is 25.3 Å². The fraction of sp³-hybridized carbons (Fsp3) is 0.273. The summed E-state index contributed by atoms with van der Waals surface area (Å²) in [4.78, 5) is 22.1. The number of anilines is 1. The first kappa shape index (κ1) is 19.2. The lowest BCUT2D eigenvalue weighted by Gasteiger charge is -2.20. The van der Waals surface area contributed by atoms with Gasteiger partial charge in [-0.25, -0.2) is 4.99 Å². The van der Waals surface area contributed by atoms with Gasteiger partial charge in [0.25, 0.3) is 5.91 Å². The van der Waals surface area contributed by atoms with Gasteiger partial charge in [-0.15, -0.1) is 0 Å². The van der Waals surface area contributed by atoms with Gasteiger partial charge < -0.3 is 4.90 Å². The Balaban J connectivity index is 1.84. The second-order valence-corrected chi connectivity index (χ2v) is 7.16. The molecule has 0 aliphatic carbocycles. The molecule has 5 heteroatoms. The SMILES string of the molecule is CCN1C(=O)/C(=C\c2ccc(N(CC)CC)cc2)SC1=Nc1ccccc1. The number of para-hydroxylation sites is 1. The maximum atomic E-state index is 12.8. The molecule has 1 saturated heterocycles. The van der Waals surface area contributed by atoms with Gasteiger partial charge in [0.2, 0.25) is 0 Å². The normalized spacial score (nSPS) is 17.1. The zero-order valence-electron chi connectivity index (χ0n) is 16.1. The summed E-state index contributed by atoms with van der Waals surface area (Å²) in [6.45, 7) is 8.85. The molecule has 0 atom stereocenters. The highest BCUT2D eigenvalue weighted by molar-refractivity contribution is 8.18. The van der Waals surface area contributed by atoms with Crippen LogP contribution in [-0.4, -0.2) is 35.6 Å². The van der Waals surface area contributed by atoms with E-state index >= 15 is 0 Å². The Hall–Kier alpha value is -2.53. The van der Waals surface area contributed by atoms with Crippen molar-refractivity contribution in [3.8, 4) is 0 Å². The van der Waals surface area contributed by atoms with Crippen LogP contribution in [0.5, 0.6) is 0 Å². The number of amides is 1. The van der Waals surface area contributed by atoms with E-state index in [0.717, 1.165) is 29.5 Å². The quantitative estimate of drug-likeness (QED) is 0.651. The number of rotatable bonds is 6. The topological polar surface area (TPSA) is 35.9 Å². The van der Waals surface area contributed by atoms with Crippen LogP contribution >= 0.6 is 11.8 Å². The molecule has 0 saturated carbocycles. The molecule has 0 N–H and O–H groups in total. The summed E-state index contributed by atoms with van der Waals surface area (Å²) in [6.07, 6.45) is 1.95. The molecule has 2 aromatic rings. The van der Waals surface area contributed by atoms with E-state index in [4.69, 9.17) is 0 Å². The van der Waals surface area contributed by atoms with Crippen LogP contribution in [-0.2, 0) is 4.79 Å². The molecule has 0 bridgehead atoms. The fourth-order valence-corrected chi connectivity index (χ4v) is 4.07. The Bertz CT molecular complexity index is 840. The number of likely N-dealkylation sites (N-methyl/N-ethyl adjacent to an activating group) is 1. The van der Waals surface area contributed by atoms with Crippen LogP contribution in [0.1, 0.15) is 26.3 Å². The Labute approximate surface area is 165 Å². The molecule has 0 unspecified atom stereocenters. The number of carbonyl (C=O) groups excluding carboxylic acids is 1. The standard InChI is InChI=1S/C22H25N3OS/c1-4-24(5-2)19-14-12-17(13-15-19)16-20-21(26)25(6-3)22(27-20)23-18-10-8-7-9-11-18/h7-16H,4-6H2,1-3H3/b20-16+,23-22?. The lowest BCUT2D eigenvalue weighted by molar-refractivity contribution is -0.122. The second-order valence-electron chi connectivity index (χ2n) is 6.15. The van der Waals surface area contributed by atoms with E-state index in [9.17, 15) is 4.79 Å². The smallest absolute Gasteiger partial charge is 0.266 e. The minimum atomic E-state index is 0.0185. The first-order valence-corrected chi connectivity index (χ1v) is 10.2. The van der Waals surface area contributed by atoms with Gasteiger partial charge in [-0.1, -0.05) is 30.3 Å². The number of thioether (sulfide) groups is 1. The third-order valence-corrected chi connectivity index (χ3v) is 5.51. The molecule has 1 amide bonds. The monoisotopic (exact) mass is 379 g/mol. The van der Waals surface area contributed by atoms with Crippen molar-refractivity contribution in [1.29, 1.82) is 0 Å². The van der Waals surface area contributed by atoms with Gasteiger partial charge in [-0.3, -0.25) is 9.69 Å². The molecule has 4 nitrogen and oxygen atoms in total. The summed E-state index contributed by atoms with van der Waals surface area (Å²) in [6, 6.07) is 18.1. The van der Waals surface area contributed by atoms with Crippen molar-refractivity contribution < 1.29 is 4.79 Å². The summed E-state index contributed by atoms with van der Waals surface area (Å²) in [7, 11) is 0. The summed E-state index contributed by atoms with van der Waals surface area (Å²) < 4.78 is 0. The summed E-state index contributed by atoms with van der Waals surface area (Å²) in [5, 5.41) is 0.736. The molecular formula is C22H25N3OS. The molecule has 1 aliphatic rings. The molecular weight excluding hydrogens is 354 g/mol. The van der Waals surface area contributed by atoms with Crippen molar-refractivity contribution in [2.24, 2.45) is 4.99 Å². The largest absolute Gasteiger partial charge is 0.372 e. The summed E-state index contributed by atoms with van der Waals surface area (Å²) in [5.74, 6) is 0.0185. The molecule has 2 aromatic carbocycles. The molecule has 0 spiro atoms. The van der Waals surface area contributed by atoms with Gasteiger partial charge in [0.05, 0.1) is 10.6 Å². The number of carbonyl (C=O) groups is 1. The van der Waals surface area contributed by atoms with Crippen molar-refractivity contribution >= 4 is 40.3 Å². The highest BCUT2D eigenvalue weighted by atomic mass is 32.2. The highest BCUT2D eigenvalue weighted by Crippen LogP contribution is 2.34. The van der Waals surface area contributed by atoms with Crippen molar-refractivity contribution in [3.05, 3.63) is 65.1 Å². The van der Waals surface area contributed by atoms with Gasteiger partial charge >= 0.3 is 0 Å². The number of hydrogen-bond donors (Lipinski definition) is 0. The molecule has 1 aliphatic heterocycles. The average molecular weight is 380 g/mol. The van der Waals surface area contributed by atoms with Crippen LogP contribution in [0.15, 0.2) is 64.5 Å². The van der Waals surface area contributed by atoms with Crippen LogP contribution < -0.4 is 4.90 Å². The van der Waals surface area contributed by atoms with Crippen molar-refractivity contribution in [3.63, 3.8) is 0 Å². The predicted molar refractivity (Wildman–Crippen MR) is 116 cm³/mol. The van der Waals surface area contributed by atoms with Crippen LogP contribution in [0.2, 0.25) is 0 Å². The zero-order chi connectivity index (χ0) is 19.2. The van der Waals surface area contributed by atoms with Crippen LogP contribution in [0, 0.1) is 0 Å². The maximum absolute atomic E-state index is 12.8. The minimum absolute atomic E-state index is 0.0185. The van der Waals surface area contributed by atoms with E-state index in [-0.39, 0.29) is 5.91 Å². The minimum Gasteiger partial charge on any atom is -0.372 e. The molecule has 3 rings (SSSR count). The van der Waals surface area contributed by atoms with E-state index in [2.05, 4.69) is 48.0 Å². The van der Waals surface area contributed by atoms with Crippen LogP contribution in [0.25, 0.3) is 6.08 Å². The molecule has 0 radical (unpaired) electrons. The molecule has 27 heavy (non-hydrogen) atoms. The van der Waals surface area contributed by atoms with Crippen molar-refractivity contribution in [1.82, 2.24) is 4.90 Å². The van der Waals surface area contributed by atoms with E-state index in [1.54, 1.807) is 4.90 Å². The van der Waals surface area contributed by atoms with E-state index in [1.807, 2.05) is 43.3 Å².